The molecule has 1 heterocycles. The average Bonchev–Trinajstić information content (AvgIpc) is 2.97. The van der Waals surface area contributed by atoms with Crippen LogP contribution in [0.5, 0.6) is 0 Å². The van der Waals surface area contributed by atoms with Gasteiger partial charge in [-0.2, -0.15) is 4.99 Å². The Bertz CT molecular complexity index is 1120. The maximum atomic E-state index is 13.5. The molecule has 138 valence electrons. The summed E-state index contributed by atoms with van der Waals surface area (Å²) in [5, 5.41) is 10.7. The molecule has 1 aromatic heterocycles. The summed E-state index contributed by atoms with van der Waals surface area (Å²) in [5.74, 6) is -1.65. The van der Waals surface area contributed by atoms with Gasteiger partial charge >= 0.3 is 5.97 Å². The Labute approximate surface area is 155 Å². The molecule has 0 fully saturated rings. The number of benzene rings is 2. The van der Waals surface area contributed by atoms with Crippen LogP contribution >= 0.6 is 11.3 Å². The number of amides is 1. The number of carbonyl (C=O) groups is 2. The van der Waals surface area contributed by atoms with Crippen LogP contribution in [0.15, 0.2) is 47.5 Å². The highest BCUT2D eigenvalue weighted by atomic mass is 32.1. The van der Waals surface area contributed by atoms with E-state index in [1.54, 1.807) is 0 Å². The van der Waals surface area contributed by atoms with Gasteiger partial charge in [0, 0.05) is 17.7 Å². The van der Waals surface area contributed by atoms with Crippen molar-refractivity contribution >= 4 is 39.1 Å². The minimum Gasteiger partial charge on any atom is -0.468 e. The van der Waals surface area contributed by atoms with Gasteiger partial charge in [0.15, 0.2) is 4.80 Å². The predicted molar refractivity (Wildman–Crippen MR) is 94.8 cm³/mol. The van der Waals surface area contributed by atoms with Crippen LogP contribution in [0.1, 0.15) is 10.4 Å². The topological polar surface area (TPSA) is 104 Å². The second-order valence-corrected chi connectivity index (χ2v) is 6.39. The van der Waals surface area contributed by atoms with Gasteiger partial charge in [-0.25, -0.2) is 4.39 Å². The van der Waals surface area contributed by atoms with Crippen LogP contribution < -0.4 is 4.80 Å². The maximum Gasteiger partial charge on any atom is 0.325 e. The molecule has 0 radical (unpaired) electrons. The molecule has 10 heteroatoms. The van der Waals surface area contributed by atoms with E-state index >= 15 is 0 Å². The molecule has 2 aromatic carbocycles. The number of halogens is 1. The number of esters is 1. The average molecular weight is 389 g/mol. The number of methoxy groups -OCH3 is 1. The number of nitro benzene ring substituents is 1. The maximum absolute atomic E-state index is 13.5. The lowest BCUT2D eigenvalue weighted by molar-refractivity contribution is -0.384. The smallest absolute Gasteiger partial charge is 0.325 e. The van der Waals surface area contributed by atoms with Crippen LogP contribution in [0.25, 0.3) is 10.2 Å². The first-order valence-electron chi connectivity index (χ1n) is 7.58. The number of nitro groups is 1. The van der Waals surface area contributed by atoms with E-state index < -0.39 is 22.6 Å². The number of fused-ring (bicyclic) bond motifs is 1. The van der Waals surface area contributed by atoms with Gasteiger partial charge in [0.2, 0.25) is 0 Å². The third-order valence-corrected chi connectivity index (χ3v) is 4.72. The van der Waals surface area contributed by atoms with Crippen molar-refractivity contribution in [2.75, 3.05) is 7.11 Å². The zero-order valence-corrected chi connectivity index (χ0v) is 14.7. The number of rotatable bonds is 4. The van der Waals surface area contributed by atoms with Gasteiger partial charge in [-0.1, -0.05) is 11.3 Å². The number of non-ortho nitro benzene ring substituents is 1. The van der Waals surface area contributed by atoms with Crippen molar-refractivity contribution in [3.8, 4) is 0 Å². The number of carbonyl (C=O) groups excluding carboxylic acids is 2. The third kappa shape index (κ3) is 3.90. The quantitative estimate of drug-likeness (QED) is 0.388. The molecular formula is C17H12FN3O5S. The fourth-order valence-electron chi connectivity index (χ4n) is 2.36. The van der Waals surface area contributed by atoms with Crippen molar-refractivity contribution in [3.05, 3.63) is 68.8 Å². The minimum atomic E-state index is -0.643. The van der Waals surface area contributed by atoms with Crippen LogP contribution in [0, 0.1) is 15.9 Å². The Morgan fingerprint density at radius 1 is 1.26 bits per heavy atom. The summed E-state index contributed by atoms with van der Waals surface area (Å²) in [5.41, 5.74) is 0.528. The Morgan fingerprint density at radius 2 is 1.96 bits per heavy atom. The summed E-state index contributed by atoms with van der Waals surface area (Å²) < 4.78 is 20.1. The number of nitrogens with zero attached hydrogens (tertiary/aromatic N) is 3. The van der Waals surface area contributed by atoms with E-state index in [9.17, 15) is 24.1 Å². The number of aromatic nitrogens is 1. The lowest BCUT2D eigenvalue weighted by atomic mass is 10.2. The van der Waals surface area contributed by atoms with Gasteiger partial charge in [-0.15, -0.1) is 0 Å². The van der Waals surface area contributed by atoms with Crippen molar-refractivity contribution in [1.82, 2.24) is 4.57 Å². The van der Waals surface area contributed by atoms with Gasteiger partial charge in [0.05, 0.1) is 22.2 Å². The number of ether oxygens (including phenoxy) is 1. The number of hydrogen-bond donors (Lipinski definition) is 0. The van der Waals surface area contributed by atoms with Gasteiger partial charge in [0.1, 0.15) is 12.4 Å². The second kappa shape index (κ2) is 7.46. The molecule has 1 amide bonds. The normalized spacial score (nSPS) is 11.6. The second-order valence-electron chi connectivity index (χ2n) is 5.38. The zero-order chi connectivity index (χ0) is 19.6. The van der Waals surface area contributed by atoms with E-state index in [-0.39, 0.29) is 22.6 Å². The molecule has 0 spiro atoms. The summed E-state index contributed by atoms with van der Waals surface area (Å²) in [6.45, 7) is -0.200. The fourth-order valence-corrected chi connectivity index (χ4v) is 3.41. The summed E-state index contributed by atoms with van der Waals surface area (Å²) in [7, 11) is 1.23. The van der Waals surface area contributed by atoms with E-state index in [0.29, 0.717) is 10.2 Å². The first-order valence-corrected chi connectivity index (χ1v) is 8.40. The van der Waals surface area contributed by atoms with Crippen LogP contribution in [0.2, 0.25) is 0 Å². The first-order chi connectivity index (χ1) is 12.9. The van der Waals surface area contributed by atoms with Crippen molar-refractivity contribution in [2.45, 2.75) is 6.54 Å². The van der Waals surface area contributed by atoms with E-state index in [4.69, 9.17) is 0 Å². The van der Waals surface area contributed by atoms with Crippen LogP contribution in [-0.4, -0.2) is 28.5 Å². The van der Waals surface area contributed by atoms with E-state index in [1.165, 1.54) is 54.1 Å². The third-order valence-electron chi connectivity index (χ3n) is 3.68. The highest BCUT2D eigenvalue weighted by Crippen LogP contribution is 2.19. The Balaban J connectivity index is 2.08. The largest absolute Gasteiger partial charge is 0.468 e. The molecular weight excluding hydrogens is 377 g/mol. The van der Waals surface area contributed by atoms with E-state index in [0.717, 1.165) is 11.3 Å². The predicted octanol–water partition coefficient (Wildman–Crippen LogP) is 2.66. The summed E-state index contributed by atoms with van der Waals surface area (Å²) in [6.07, 6.45) is 0. The number of thiazole rings is 1. The SMILES string of the molecule is COC(=O)Cn1c(=NC(=O)c2ccc([N+](=O)[O-])cc2)sc2cc(F)ccc21. The van der Waals surface area contributed by atoms with E-state index in [2.05, 4.69) is 9.73 Å². The molecule has 0 N–H and O–H groups in total. The molecule has 27 heavy (non-hydrogen) atoms. The van der Waals surface area contributed by atoms with Gasteiger partial charge < -0.3 is 9.30 Å². The zero-order valence-electron chi connectivity index (χ0n) is 13.9. The molecule has 0 aliphatic heterocycles. The summed E-state index contributed by atoms with van der Waals surface area (Å²) >= 11 is 1.04. The Kier molecular flexibility index (Phi) is 5.08. The highest BCUT2D eigenvalue weighted by Gasteiger charge is 2.14. The lowest BCUT2D eigenvalue weighted by Crippen LogP contribution is -2.22. The Morgan fingerprint density at radius 3 is 2.59 bits per heavy atom. The number of hydrogen-bond acceptors (Lipinski definition) is 6. The van der Waals surface area contributed by atoms with Crippen molar-refractivity contribution in [2.24, 2.45) is 4.99 Å². The molecule has 0 unspecified atom stereocenters. The van der Waals surface area contributed by atoms with Gasteiger partial charge in [-0.3, -0.25) is 19.7 Å². The summed E-state index contributed by atoms with van der Waals surface area (Å²) in [4.78, 5) is 38.4. The molecule has 3 aromatic rings. The standard InChI is InChI=1S/C17H12FN3O5S/c1-26-15(22)9-20-13-7-4-11(18)8-14(13)27-17(20)19-16(23)10-2-5-12(6-3-10)21(24)25/h2-8H,9H2,1H3. The monoisotopic (exact) mass is 389 g/mol. The molecule has 0 saturated carbocycles. The van der Waals surface area contributed by atoms with Gasteiger partial charge in [0.25, 0.3) is 11.6 Å². The van der Waals surface area contributed by atoms with Crippen LogP contribution in [0.4, 0.5) is 10.1 Å². The van der Waals surface area contributed by atoms with Crippen molar-refractivity contribution in [1.29, 1.82) is 0 Å². The van der Waals surface area contributed by atoms with Crippen LogP contribution in [-0.2, 0) is 16.1 Å². The summed E-state index contributed by atoms with van der Waals surface area (Å²) in [6, 6.07) is 8.99. The molecule has 3 rings (SSSR count). The van der Waals surface area contributed by atoms with Crippen molar-refractivity contribution < 1.29 is 23.6 Å². The lowest BCUT2D eigenvalue weighted by Gasteiger charge is -2.03. The molecule has 8 nitrogen and oxygen atoms in total. The Hall–Kier alpha value is -3.40. The molecule has 0 atom stereocenters. The highest BCUT2D eigenvalue weighted by molar-refractivity contribution is 7.16. The van der Waals surface area contributed by atoms with Crippen molar-refractivity contribution in [3.63, 3.8) is 0 Å². The molecule has 0 aliphatic rings. The molecule has 0 saturated heterocycles. The fraction of sp³-hybridized carbons (Fsp3) is 0.118. The minimum absolute atomic E-state index is 0.147. The van der Waals surface area contributed by atoms with Gasteiger partial charge in [-0.05, 0) is 30.3 Å². The first kappa shape index (κ1) is 18.4. The van der Waals surface area contributed by atoms with Crippen LogP contribution in [0.3, 0.4) is 0 Å². The molecule has 0 bridgehead atoms. The van der Waals surface area contributed by atoms with E-state index in [1.807, 2.05) is 0 Å². The molecule has 0 aliphatic carbocycles.